The van der Waals surface area contributed by atoms with Gasteiger partial charge in [0.05, 0.1) is 10.9 Å². The van der Waals surface area contributed by atoms with Gasteiger partial charge in [0, 0.05) is 24.4 Å². The highest BCUT2D eigenvalue weighted by Crippen LogP contribution is 2.16. The normalized spacial score (nSPS) is 20.0. The molecule has 1 fully saturated rings. The Morgan fingerprint density at radius 3 is 2.60 bits per heavy atom. The van der Waals surface area contributed by atoms with Crippen LogP contribution in [0, 0.1) is 0 Å². The van der Waals surface area contributed by atoms with Gasteiger partial charge in [-0.05, 0) is 38.0 Å². The lowest BCUT2D eigenvalue weighted by molar-refractivity contribution is -0.116. The average Bonchev–Trinajstić information content (AvgIpc) is 2.84. The first-order valence-corrected chi connectivity index (χ1v) is 10.3. The van der Waals surface area contributed by atoms with E-state index in [-0.39, 0.29) is 28.9 Å². The van der Waals surface area contributed by atoms with Gasteiger partial charge in [-0.2, -0.15) is 0 Å². The average molecular weight is 367 g/mol. The molecule has 0 aliphatic carbocycles. The first-order valence-electron chi connectivity index (χ1n) is 8.43. The van der Waals surface area contributed by atoms with Crippen LogP contribution in [0.3, 0.4) is 0 Å². The van der Waals surface area contributed by atoms with E-state index in [2.05, 4.69) is 16.0 Å². The Bertz CT molecular complexity index is 733. The SMILES string of the molecule is C[C@H]1NC(=O)N[C@@H]1CCCCCC(=O)Nc1cccc(S(C)(=O)=O)c1. The van der Waals surface area contributed by atoms with Gasteiger partial charge >= 0.3 is 6.03 Å². The minimum absolute atomic E-state index is 0.117. The molecule has 1 saturated heterocycles. The number of sulfone groups is 1. The summed E-state index contributed by atoms with van der Waals surface area (Å²) in [5.74, 6) is -0.130. The van der Waals surface area contributed by atoms with Gasteiger partial charge in [-0.25, -0.2) is 13.2 Å². The van der Waals surface area contributed by atoms with E-state index in [9.17, 15) is 18.0 Å². The first kappa shape index (κ1) is 19.2. The predicted octanol–water partition coefficient (Wildman–Crippen LogP) is 2.05. The fourth-order valence-corrected chi connectivity index (χ4v) is 3.49. The molecule has 1 aromatic rings. The molecule has 138 valence electrons. The Morgan fingerprint density at radius 2 is 1.96 bits per heavy atom. The Balaban J connectivity index is 1.68. The van der Waals surface area contributed by atoms with Crippen molar-refractivity contribution in [1.82, 2.24) is 10.6 Å². The molecule has 0 radical (unpaired) electrons. The van der Waals surface area contributed by atoms with Crippen molar-refractivity contribution in [1.29, 1.82) is 0 Å². The second-order valence-electron chi connectivity index (χ2n) is 6.46. The molecule has 25 heavy (non-hydrogen) atoms. The molecule has 1 aliphatic heterocycles. The van der Waals surface area contributed by atoms with Crippen LogP contribution in [0.25, 0.3) is 0 Å². The standard InChI is InChI=1S/C17H25N3O4S/c1-12-15(20-17(22)18-12)9-4-3-5-10-16(21)19-13-7-6-8-14(11-13)25(2,23)24/h6-8,11-12,15H,3-5,9-10H2,1-2H3,(H,19,21)(H2,18,20,22)/t12-,15-/m1/s1. The maximum absolute atomic E-state index is 12.0. The number of benzene rings is 1. The highest BCUT2D eigenvalue weighted by Gasteiger charge is 2.26. The number of rotatable bonds is 8. The van der Waals surface area contributed by atoms with Crippen molar-refractivity contribution in [2.24, 2.45) is 0 Å². The van der Waals surface area contributed by atoms with E-state index in [1.54, 1.807) is 12.1 Å². The fraction of sp³-hybridized carbons (Fsp3) is 0.529. The molecule has 0 unspecified atom stereocenters. The molecule has 1 aliphatic rings. The zero-order chi connectivity index (χ0) is 18.4. The molecule has 1 heterocycles. The van der Waals surface area contributed by atoms with E-state index in [4.69, 9.17) is 0 Å². The second-order valence-corrected chi connectivity index (χ2v) is 8.48. The lowest BCUT2D eigenvalue weighted by Crippen LogP contribution is -2.30. The van der Waals surface area contributed by atoms with Gasteiger partial charge in [0.2, 0.25) is 5.91 Å². The first-order chi connectivity index (χ1) is 11.8. The van der Waals surface area contributed by atoms with Crippen LogP contribution in [-0.2, 0) is 14.6 Å². The molecule has 2 rings (SSSR count). The van der Waals surface area contributed by atoms with Gasteiger partial charge < -0.3 is 16.0 Å². The molecule has 0 bridgehead atoms. The number of carbonyl (C=O) groups excluding carboxylic acids is 2. The number of unbranched alkanes of at least 4 members (excludes halogenated alkanes) is 2. The zero-order valence-electron chi connectivity index (χ0n) is 14.5. The Hall–Kier alpha value is -2.09. The van der Waals surface area contributed by atoms with Crippen LogP contribution >= 0.6 is 0 Å². The molecule has 1 aromatic carbocycles. The minimum Gasteiger partial charge on any atom is -0.334 e. The smallest absolute Gasteiger partial charge is 0.315 e. The van der Waals surface area contributed by atoms with E-state index in [1.165, 1.54) is 12.1 Å². The van der Waals surface area contributed by atoms with Crippen LogP contribution in [0.4, 0.5) is 10.5 Å². The number of anilines is 1. The predicted molar refractivity (Wildman–Crippen MR) is 96.2 cm³/mol. The summed E-state index contributed by atoms with van der Waals surface area (Å²) in [6.07, 6.45) is 4.99. The quantitative estimate of drug-likeness (QED) is 0.612. The topological polar surface area (TPSA) is 104 Å². The number of nitrogens with one attached hydrogen (secondary N) is 3. The summed E-state index contributed by atoms with van der Waals surface area (Å²) in [6.45, 7) is 1.97. The summed E-state index contributed by atoms with van der Waals surface area (Å²) < 4.78 is 23.0. The van der Waals surface area contributed by atoms with Crippen LogP contribution in [0.1, 0.15) is 39.0 Å². The molecule has 2 atom stereocenters. The van der Waals surface area contributed by atoms with Crippen molar-refractivity contribution in [3.63, 3.8) is 0 Å². The van der Waals surface area contributed by atoms with Gasteiger partial charge in [0.15, 0.2) is 9.84 Å². The Morgan fingerprint density at radius 1 is 1.20 bits per heavy atom. The summed E-state index contributed by atoms with van der Waals surface area (Å²) in [5, 5.41) is 8.42. The van der Waals surface area contributed by atoms with Crippen molar-refractivity contribution in [2.75, 3.05) is 11.6 Å². The number of carbonyl (C=O) groups is 2. The van der Waals surface area contributed by atoms with Crippen LogP contribution in [0.15, 0.2) is 29.2 Å². The summed E-state index contributed by atoms with van der Waals surface area (Å²) in [6, 6.07) is 6.42. The van der Waals surface area contributed by atoms with Crippen molar-refractivity contribution in [3.05, 3.63) is 24.3 Å². The molecular formula is C17H25N3O4S. The van der Waals surface area contributed by atoms with Crippen LogP contribution in [0.2, 0.25) is 0 Å². The summed E-state index contributed by atoms with van der Waals surface area (Å²) >= 11 is 0. The van der Waals surface area contributed by atoms with Gasteiger partial charge in [0.25, 0.3) is 0 Å². The van der Waals surface area contributed by atoms with E-state index >= 15 is 0 Å². The summed E-state index contributed by atoms with van der Waals surface area (Å²) in [4.78, 5) is 23.3. The highest BCUT2D eigenvalue weighted by molar-refractivity contribution is 7.90. The molecule has 7 nitrogen and oxygen atoms in total. The second kappa shape index (κ2) is 8.33. The maximum atomic E-state index is 12.0. The van der Waals surface area contributed by atoms with Gasteiger partial charge in [-0.1, -0.05) is 18.9 Å². The van der Waals surface area contributed by atoms with Gasteiger partial charge in [-0.15, -0.1) is 0 Å². The van der Waals surface area contributed by atoms with Gasteiger partial charge in [-0.3, -0.25) is 4.79 Å². The third kappa shape index (κ3) is 6.04. The molecule has 8 heteroatoms. The molecule has 3 N–H and O–H groups in total. The van der Waals surface area contributed by atoms with E-state index in [0.717, 1.165) is 31.9 Å². The van der Waals surface area contributed by atoms with Crippen LogP contribution < -0.4 is 16.0 Å². The summed E-state index contributed by atoms with van der Waals surface area (Å²) in [5.41, 5.74) is 0.487. The van der Waals surface area contributed by atoms with E-state index < -0.39 is 9.84 Å². The molecule has 3 amide bonds. The van der Waals surface area contributed by atoms with Gasteiger partial charge in [0.1, 0.15) is 0 Å². The third-order valence-electron chi connectivity index (χ3n) is 4.24. The monoisotopic (exact) mass is 367 g/mol. The molecular weight excluding hydrogens is 342 g/mol. The van der Waals surface area contributed by atoms with Crippen LogP contribution in [-0.4, -0.2) is 38.7 Å². The number of hydrogen-bond donors (Lipinski definition) is 3. The molecule has 0 aromatic heterocycles. The lowest BCUT2D eigenvalue weighted by Gasteiger charge is -2.13. The van der Waals surface area contributed by atoms with E-state index in [1.807, 2.05) is 6.92 Å². The van der Waals surface area contributed by atoms with Crippen molar-refractivity contribution in [3.8, 4) is 0 Å². The highest BCUT2D eigenvalue weighted by atomic mass is 32.2. The number of urea groups is 1. The molecule has 0 spiro atoms. The van der Waals surface area contributed by atoms with Crippen molar-refractivity contribution in [2.45, 2.75) is 56.0 Å². The fourth-order valence-electron chi connectivity index (χ4n) is 2.82. The number of hydrogen-bond acceptors (Lipinski definition) is 4. The molecule has 0 saturated carbocycles. The summed E-state index contributed by atoms with van der Waals surface area (Å²) in [7, 11) is -3.29. The minimum atomic E-state index is -3.29. The zero-order valence-corrected chi connectivity index (χ0v) is 15.4. The van der Waals surface area contributed by atoms with E-state index in [0.29, 0.717) is 12.1 Å². The lowest BCUT2D eigenvalue weighted by atomic mass is 10.0. The largest absolute Gasteiger partial charge is 0.334 e. The number of amides is 3. The van der Waals surface area contributed by atoms with Crippen LogP contribution in [0.5, 0.6) is 0 Å². The third-order valence-corrected chi connectivity index (χ3v) is 5.35. The maximum Gasteiger partial charge on any atom is 0.315 e. The van der Waals surface area contributed by atoms with Crippen molar-refractivity contribution >= 4 is 27.5 Å². The Labute approximate surface area is 148 Å². The van der Waals surface area contributed by atoms with Crippen molar-refractivity contribution < 1.29 is 18.0 Å². The Kier molecular flexibility index (Phi) is 6.41.